The summed E-state index contributed by atoms with van der Waals surface area (Å²) >= 11 is 6.10. The second-order valence-electron chi connectivity index (χ2n) is 7.11. The SMILES string of the molecule is Cc1cc(C(C)(C)C)cc(C)c1S(=O)(=O)NCc1ccccc1Cl. The molecule has 0 radical (unpaired) electrons. The molecular formula is C19H24ClNO2S. The van der Waals surface area contributed by atoms with Crippen molar-refractivity contribution in [2.45, 2.75) is 51.5 Å². The van der Waals surface area contributed by atoms with Crippen LogP contribution in [0.3, 0.4) is 0 Å². The molecule has 0 aliphatic carbocycles. The maximum Gasteiger partial charge on any atom is 0.241 e. The van der Waals surface area contributed by atoms with Gasteiger partial charge in [0.05, 0.1) is 4.90 Å². The molecule has 0 amide bonds. The molecule has 0 bridgehead atoms. The third-order valence-electron chi connectivity index (χ3n) is 4.01. The van der Waals surface area contributed by atoms with E-state index in [2.05, 4.69) is 25.5 Å². The highest BCUT2D eigenvalue weighted by Gasteiger charge is 2.23. The molecule has 130 valence electrons. The first-order chi connectivity index (χ1) is 11.0. The van der Waals surface area contributed by atoms with Crippen molar-refractivity contribution in [1.29, 1.82) is 0 Å². The number of hydrogen-bond donors (Lipinski definition) is 1. The zero-order valence-corrected chi connectivity index (χ0v) is 16.3. The first-order valence-electron chi connectivity index (χ1n) is 7.87. The summed E-state index contributed by atoms with van der Waals surface area (Å²) < 4.78 is 28.2. The lowest BCUT2D eigenvalue weighted by Gasteiger charge is -2.22. The zero-order valence-electron chi connectivity index (χ0n) is 14.8. The summed E-state index contributed by atoms with van der Waals surface area (Å²) in [6.07, 6.45) is 0. The summed E-state index contributed by atoms with van der Waals surface area (Å²) in [5, 5.41) is 0.553. The molecule has 2 aromatic carbocycles. The van der Waals surface area contributed by atoms with E-state index >= 15 is 0 Å². The smallest absolute Gasteiger partial charge is 0.207 e. The minimum absolute atomic E-state index is 0.0250. The van der Waals surface area contributed by atoms with Gasteiger partial charge in [0, 0.05) is 11.6 Å². The maximum atomic E-state index is 12.8. The van der Waals surface area contributed by atoms with Gasteiger partial charge in [-0.15, -0.1) is 0 Å². The number of halogens is 1. The zero-order chi connectivity index (χ0) is 18.1. The average Bonchev–Trinajstić information content (AvgIpc) is 2.44. The fourth-order valence-corrected chi connectivity index (χ4v) is 4.35. The summed E-state index contributed by atoms with van der Waals surface area (Å²) in [5.74, 6) is 0. The second kappa shape index (κ2) is 6.87. The molecule has 2 rings (SSSR count). The van der Waals surface area contributed by atoms with E-state index in [1.165, 1.54) is 0 Å². The Kier molecular flexibility index (Phi) is 5.43. The van der Waals surface area contributed by atoms with Crippen LogP contribution in [0.15, 0.2) is 41.3 Å². The van der Waals surface area contributed by atoms with Gasteiger partial charge in [-0.05, 0) is 47.6 Å². The van der Waals surface area contributed by atoms with Gasteiger partial charge in [0.25, 0.3) is 0 Å². The van der Waals surface area contributed by atoms with Gasteiger partial charge >= 0.3 is 0 Å². The lowest BCUT2D eigenvalue weighted by molar-refractivity contribution is 0.576. The van der Waals surface area contributed by atoms with Crippen LogP contribution in [0.5, 0.6) is 0 Å². The highest BCUT2D eigenvalue weighted by molar-refractivity contribution is 7.89. The third kappa shape index (κ3) is 4.18. The Morgan fingerprint density at radius 2 is 1.58 bits per heavy atom. The Hall–Kier alpha value is -1.36. The highest BCUT2D eigenvalue weighted by atomic mass is 35.5. The molecule has 2 aromatic rings. The predicted molar refractivity (Wildman–Crippen MR) is 100 cm³/mol. The minimum atomic E-state index is -3.61. The van der Waals surface area contributed by atoms with Gasteiger partial charge in [0.15, 0.2) is 0 Å². The lowest BCUT2D eigenvalue weighted by atomic mass is 9.85. The number of sulfonamides is 1. The van der Waals surface area contributed by atoms with Gasteiger partial charge in [-0.3, -0.25) is 0 Å². The van der Waals surface area contributed by atoms with Crippen molar-refractivity contribution in [2.75, 3.05) is 0 Å². The van der Waals surface area contributed by atoms with Crippen molar-refractivity contribution in [3.63, 3.8) is 0 Å². The van der Waals surface area contributed by atoms with Gasteiger partial charge < -0.3 is 0 Å². The number of aryl methyl sites for hydroxylation is 2. The van der Waals surface area contributed by atoms with Crippen LogP contribution in [0.4, 0.5) is 0 Å². The lowest BCUT2D eigenvalue weighted by Crippen LogP contribution is -2.25. The average molecular weight is 366 g/mol. The number of benzene rings is 2. The van der Waals surface area contributed by atoms with Crippen LogP contribution in [0.2, 0.25) is 5.02 Å². The number of nitrogens with one attached hydrogen (secondary N) is 1. The molecule has 0 unspecified atom stereocenters. The largest absolute Gasteiger partial charge is 0.241 e. The van der Waals surface area contributed by atoms with E-state index in [1.54, 1.807) is 6.07 Å². The standard InChI is InChI=1S/C19H24ClNO2S/c1-13-10-16(19(3,4)5)11-14(2)18(13)24(22,23)21-12-15-8-6-7-9-17(15)20/h6-11,21H,12H2,1-5H3. The van der Waals surface area contributed by atoms with Crippen LogP contribution in [0, 0.1) is 13.8 Å². The second-order valence-corrected chi connectivity index (χ2v) is 9.22. The topological polar surface area (TPSA) is 46.2 Å². The van der Waals surface area contributed by atoms with Crippen molar-refractivity contribution in [3.8, 4) is 0 Å². The van der Waals surface area contributed by atoms with Gasteiger partial charge in [-0.1, -0.05) is 62.7 Å². The maximum absolute atomic E-state index is 12.8. The van der Waals surface area contributed by atoms with Gasteiger partial charge in [-0.25, -0.2) is 13.1 Å². The van der Waals surface area contributed by atoms with Crippen LogP contribution in [0.25, 0.3) is 0 Å². The molecule has 1 N–H and O–H groups in total. The molecule has 0 aromatic heterocycles. The van der Waals surface area contributed by atoms with E-state index in [0.717, 1.165) is 22.3 Å². The normalized spacial score (nSPS) is 12.4. The summed E-state index contributed by atoms with van der Waals surface area (Å²) in [6.45, 7) is 10.2. The summed E-state index contributed by atoms with van der Waals surface area (Å²) in [7, 11) is -3.61. The molecule has 0 aliphatic heterocycles. The Morgan fingerprint density at radius 3 is 2.08 bits per heavy atom. The van der Waals surface area contributed by atoms with Crippen molar-refractivity contribution in [2.24, 2.45) is 0 Å². The highest BCUT2D eigenvalue weighted by Crippen LogP contribution is 2.29. The first-order valence-corrected chi connectivity index (χ1v) is 9.73. The molecule has 24 heavy (non-hydrogen) atoms. The Balaban J connectivity index is 2.35. The van der Waals surface area contributed by atoms with Gasteiger partial charge in [0.2, 0.25) is 10.0 Å². The molecule has 0 fully saturated rings. The van der Waals surface area contributed by atoms with Crippen LogP contribution >= 0.6 is 11.6 Å². The van der Waals surface area contributed by atoms with E-state index < -0.39 is 10.0 Å². The Morgan fingerprint density at radius 1 is 1.04 bits per heavy atom. The van der Waals surface area contributed by atoms with Crippen molar-refractivity contribution in [3.05, 3.63) is 63.7 Å². The molecule has 0 aliphatic rings. The third-order valence-corrected chi connectivity index (χ3v) is 6.08. The Labute approximate surface area is 150 Å². The monoisotopic (exact) mass is 365 g/mol. The first kappa shape index (κ1) is 19.0. The summed E-state index contributed by atoms with van der Waals surface area (Å²) in [5.41, 5.74) is 3.37. The fourth-order valence-electron chi connectivity index (χ4n) is 2.69. The van der Waals surface area contributed by atoms with Crippen molar-refractivity contribution < 1.29 is 8.42 Å². The molecule has 0 spiro atoms. The number of rotatable bonds is 4. The molecule has 0 atom stereocenters. The summed E-state index contributed by atoms with van der Waals surface area (Å²) in [6, 6.07) is 11.1. The molecule has 0 heterocycles. The van der Waals surface area contributed by atoms with Gasteiger partial charge in [-0.2, -0.15) is 0 Å². The van der Waals surface area contributed by atoms with E-state index in [1.807, 2.05) is 44.2 Å². The van der Waals surface area contributed by atoms with Crippen molar-refractivity contribution in [1.82, 2.24) is 4.72 Å². The molecule has 0 saturated carbocycles. The molecule has 5 heteroatoms. The van der Waals surface area contributed by atoms with Gasteiger partial charge in [0.1, 0.15) is 0 Å². The van der Waals surface area contributed by atoms with Crippen LogP contribution in [0.1, 0.15) is 43.0 Å². The van der Waals surface area contributed by atoms with E-state index in [-0.39, 0.29) is 12.0 Å². The Bertz CT molecular complexity index is 829. The molecule has 3 nitrogen and oxygen atoms in total. The van der Waals surface area contributed by atoms with E-state index in [0.29, 0.717) is 9.92 Å². The predicted octanol–water partition coefficient (Wildman–Crippen LogP) is 4.73. The molecular weight excluding hydrogens is 342 g/mol. The van der Waals surface area contributed by atoms with Crippen LogP contribution in [-0.2, 0) is 22.0 Å². The summed E-state index contributed by atoms with van der Waals surface area (Å²) in [4.78, 5) is 0.350. The molecule has 0 saturated heterocycles. The van der Waals surface area contributed by atoms with E-state index in [4.69, 9.17) is 11.6 Å². The quantitative estimate of drug-likeness (QED) is 0.851. The van der Waals surface area contributed by atoms with E-state index in [9.17, 15) is 8.42 Å². The van der Waals surface area contributed by atoms with Crippen LogP contribution < -0.4 is 4.72 Å². The minimum Gasteiger partial charge on any atom is -0.207 e. The van der Waals surface area contributed by atoms with Crippen molar-refractivity contribution >= 4 is 21.6 Å². The van der Waals surface area contributed by atoms with Crippen LogP contribution in [-0.4, -0.2) is 8.42 Å². The fraction of sp³-hybridized carbons (Fsp3) is 0.368. The number of hydrogen-bond acceptors (Lipinski definition) is 2.